The number of allylic oxidation sites excluding steroid dienone is 1. The molecular weight excluding hydrogens is 675 g/mol. The van der Waals surface area contributed by atoms with Gasteiger partial charge in [-0.3, -0.25) is 0 Å². The van der Waals surface area contributed by atoms with Crippen LogP contribution in [0.15, 0.2) is 194 Å². The molecule has 0 spiro atoms. The normalized spacial score (nSPS) is 13.8. The van der Waals surface area contributed by atoms with Crippen LogP contribution in [0.2, 0.25) is 0 Å². The Balaban J connectivity index is 1.09. The Labute approximate surface area is 327 Å². The van der Waals surface area contributed by atoms with Crippen molar-refractivity contribution in [2.24, 2.45) is 0 Å². The summed E-state index contributed by atoms with van der Waals surface area (Å²) in [6.07, 6.45) is 5.76. The Bertz CT molecular complexity index is 3190. The van der Waals surface area contributed by atoms with Crippen molar-refractivity contribution >= 4 is 77.0 Å². The van der Waals surface area contributed by atoms with Crippen LogP contribution in [-0.2, 0) is 0 Å². The highest BCUT2D eigenvalue weighted by Crippen LogP contribution is 2.44. The zero-order valence-corrected chi connectivity index (χ0v) is 31.3. The van der Waals surface area contributed by atoms with E-state index in [1.54, 1.807) is 0 Å². The Hall–Kier alpha value is -6.96. The lowest BCUT2D eigenvalue weighted by atomic mass is 9.81. The molecule has 0 fully saturated rings. The molecular formula is C55H39N. The van der Waals surface area contributed by atoms with E-state index in [0.717, 1.165) is 23.5 Å². The molecule has 11 rings (SSSR count). The molecule has 0 saturated carbocycles. The lowest BCUT2D eigenvalue weighted by molar-refractivity contribution is 0.779. The van der Waals surface area contributed by atoms with Crippen molar-refractivity contribution in [2.45, 2.75) is 19.3 Å². The first kappa shape index (κ1) is 32.5. The molecule has 1 heteroatoms. The SMILES string of the molecule is CC1CC=Cc2c(-c3ccc(N(c4cccc(-c5cc6ccccc6c6ccccc56)c4)c4ccc5c(ccc6ccccc65)c4)cc3)cc3ccccc3c21. The number of rotatable bonds is 5. The van der Waals surface area contributed by atoms with E-state index >= 15 is 0 Å². The summed E-state index contributed by atoms with van der Waals surface area (Å²) >= 11 is 0. The molecule has 1 aliphatic carbocycles. The highest BCUT2D eigenvalue weighted by Gasteiger charge is 2.21. The lowest BCUT2D eigenvalue weighted by Gasteiger charge is -2.27. The van der Waals surface area contributed by atoms with Crippen LogP contribution in [0.3, 0.4) is 0 Å². The van der Waals surface area contributed by atoms with Crippen LogP contribution in [-0.4, -0.2) is 0 Å². The second-order valence-corrected chi connectivity index (χ2v) is 15.3. The summed E-state index contributed by atoms with van der Waals surface area (Å²) in [5.74, 6) is 0.478. The maximum atomic E-state index is 2.42. The third-order valence-corrected chi connectivity index (χ3v) is 12.0. The molecule has 0 saturated heterocycles. The van der Waals surface area contributed by atoms with Gasteiger partial charge in [0.05, 0.1) is 0 Å². The van der Waals surface area contributed by atoms with Gasteiger partial charge >= 0.3 is 0 Å². The molecule has 0 amide bonds. The molecule has 0 aromatic heterocycles. The third kappa shape index (κ3) is 5.31. The molecule has 1 aliphatic rings. The van der Waals surface area contributed by atoms with E-state index in [0.29, 0.717) is 5.92 Å². The van der Waals surface area contributed by atoms with E-state index in [1.165, 1.54) is 87.2 Å². The zero-order valence-electron chi connectivity index (χ0n) is 31.3. The average molecular weight is 714 g/mol. The van der Waals surface area contributed by atoms with Crippen molar-refractivity contribution in [3.05, 3.63) is 205 Å². The Kier molecular flexibility index (Phi) is 7.60. The van der Waals surface area contributed by atoms with Gasteiger partial charge in [0.2, 0.25) is 0 Å². The first-order valence-corrected chi connectivity index (χ1v) is 19.7. The van der Waals surface area contributed by atoms with Crippen LogP contribution in [0, 0.1) is 0 Å². The van der Waals surface area contributed by atoms with Crippen molar-refractivity contribution < 1.29 is 0 Å². The van der Waals surface area contributed by atoms with Gasteiger partial charge in [0.1, 0.15) is 0 Å². The highest BCUT2D eigenvalue weighted by molar-refractivity contribution is 6.14. The summed E-state index contributed by atoms with van der Waals surface area (Å²) in [5.41, 5.74) is 11.1. The van der Waals surface area contributed by atoms with Crippen molar-refractivity contribution in [1.82, 2.24) is 0 Å². The van der Waals surface area contributed by atoms with Gasteiger partial charge in [0.15, 0.2) is 0 Å². The molecule has 10 aromatic rings. The van der Waals surface area contributed by atoms with Gasteiger partial charge in [0.25, 0.3) is 0 Å². The molecule has 56 heavy (non-hydrogen) atoms. The van der Waals surface area contributed by atoms with Crippen molar-refractivity contribution in [3.63, 3.8) is 0 Å². The Morgan fingerprint density at radius 3 is 1.77 bits per heavy atom. The zero-order chi connectivity index (χ0) is 37.2. The van der Waals surface area contributed by atoms with Gasteiger partial charge in [-0.15, -0.1) is 0 Å². The predicted octanol–water partition coefficient (Wildman–Crippen LogP) is 15.8. The summed E-state index contributed by atoms with van der Waals surface area (Å²) in [6.45, 7) is 2.36. The fraction of sp³-hybridized carbons (Fsp3) is 0.0545. The minimum Gasteiger partial charge on any atom is -0.310 e. The molecule has 0 N–H and O–H groups in total. The first-order valence-electron chi connectivity index (χ1n) is 19.7. The van der Waals surface area contributed by atoms with E-state index in [4.69, 9.17) is 0 Å². The van der Waals surface area contributed by atoms with Crippen molar-refractivity contribution in [1.29, 1.82) is 0 Å². The fourth-order valence-corrected chi connectivity index (χ4v) is 9.33. The molecule has 0 radical (unpaired) electrons. The lowest BCUT2D eigenvalue weighted by Crippen LogP contribution is -2.10. The first-order chi connectivity index (χ1) is 27.7. The molecule has 0 aliphatic heterocycles. The molecule has 1 unspecified atom stereocenters. The van der Waals surface area contributed by atoms with E-state index in [1.807, 2.05) is 0 Å². The van der Waals surface area contributed by atoms with Crippen molar-refractivity contribution in [2.75, 3.05) is 4.90 Å². The van der Waals surface area contributed by atoms with E-state index in [9.17, 15) is 0 Å². The minimum atomic E-state index is 0.478. The smallest absolute Gasteiger partial charge is 0.0468 e. The van der Waals surface area contributed by atoms with Crippen LogP contribution in [0.5, 0.6) is 0 Å². The van der Waals surface area contributed by atoms with Crippen molar-refractivity contribution in [3.8, 4) is 22.3 Å². The monoisotopic (exact) mass is 713 g/mol. The Morgan fingerprint density at radius 1 is 0.393 bits per heavy atom. The summed E-state index contributed by atoms with van der Waals surface area (Å²) in [7, 11) is 0. The largest absolute Gasteiger partial charge is 0.310 e. The van der Waals surface area contributed by atoms with E-state index < -0.39 is 0 Å². The predicted molar refractivity (Wildman–Crippen MR) is 242 cm³/mol. The van der Waals surface area contributed by atoms with Gasteiger partial charge in [-0.25, -0.2) is 0 Å². The number of benzene rings is 10. The van der Waals surface area contributed by atoms with E-state index in [2.05, 4.69) is 212 Å². The van der Waals surface area contributed by atoms with Crippen LogP contribution in [0.25, 0.3) is 82.2 Å². The van der Waals surface area contributed by atoms with Crippen LogP contribution in [0.1, 0.15) is 30.4 Å². The van der Waals surface area contributed by atoms with Crippen LogP contribution in [0.4, 0.5) is 17.1 Å². The second kappa shape index (κ2) is 13.1. The van der Waals surface area contributed by atoms with Gasteiger partial charge in [-0.05, 0) is 148 Å². The quantitative estimate of drug-likeness (QED) is 0.161. The number of anilines is 3. The van der Waals surface area contributed by atoms with Gasteiger partial charge in [0, 0.05) is 17.1 Å². The molecule has 0 bridgehead atoms. The maximum absolute atomic E-state index is 2.42. The average Bonchev–Trinajstić information content (AvgIpc) is 3.26. The molecule has 10 aromatic carbocycles. The van der Waals surface area contributed by atoms with Gasteiger partial charge in [-0.1, -0.05) is 159 Å². The molecule has 1 nitrogen and oxygen atoms in total. The van der Waals surface area contributed by atoms with Gasteiger partial charge in [-0.2, -0.15) is 0 Å². The molecule has 0 heterocycles. The molecule has 264 valence electrons. The topological polar surface area (TPSA) is 3.24 Å². The summed E-state index contributed by atoms with van der Waals surface area (Å²) < 4.78 is 0. The fourth-order valence-electron chi connectivity index (χ4n) is 9.33. The van der Waals surface area contributed by atoms with E-state index in [-0.39, 0.29) is 0 Å². The summed E-state index contributed by atoms with van der Waals surface area (Å²) in [4.78, 5) is 2.42. The molecule has 1 atom stereocenters. The number of hydrogen-bond acceptors (Lipinski definition) is 1. The Morgan fingerprint density at radius 2 is 0.964 bits per heavy atom. The maximum Gasteiger partial charge on any atom is 0.0468 e. The van der Waals surface area contributed by atoms with Gasteiger partial charge < -0.3 is 4.90 Å². The van der Waals surface area contributed by atoms with Crippen LogP contribution < -0.4 is 4.90 Å². The standard InChI is InChI=1S/C55H39N/c1-36-12-10-23-52-53(35-41-15-4-7-20-49(41)55(36)52)38-26-28-43(29-27-38)56(45-30-31-48-42(33-45)25-24-37-13-2-5-18-46(37)48)44-17-11-16-39(32-44)54-34-40-14-3-6-19-47(40)50-21-8-9-22-51(50)54/h2-11,13-36H,12H2,1H3. The summed E-state index contributed by atoms with van der Waals surface area (Å²) in [5, 5.41) is 12.8. The third-order valence-electron chi connectivity index (χ3n) is 12.0. The second-order valence-electron chi connectivity index (χ2n) is 15.3. The summed E-state index contributed by atoms with van der Waals surface area (Å²) in [6, 6.07) is 69.6. The number of fused-ring (bicyclic) bond motifs is 9. The minimum absolute atomic E-state index is 0.478. The highest BCUT2D eigenvalue weighted by atomic mass is 15.1. The van der Waals surface area contributed by atoms with Crippen LogP contribution >= 0.6 is 0 Å². The number of hydrogen-bond donors (Lipinski definition) is 0. The number of nitrogens with zero attached hydrogens (tertiary/aromatic N) is 1.